The second-order valence-electron chi connectivity index (χ2n) is 4.16. The highest BCUT2D eigenvalue weighted by Crippen LogP contribution is 2.27. The first-order valence-electron chi connectivity index (χ1n) is 5.69. The zero-order chi connectivity index (χ0) is 10.4. The molecule has 0 aromatic heterocycles. The lowest BCUT2D eigenvalue weighted by Crippen LogP contribution is -2.33. The SMILES string of the molecule is CCC1CCCC1NCCCC(=O)O. The highest BCUT2D eigenvalue weighted by molar-refractivity contribution is 5.66. The van der Waals surface area contributed by atoms with Crippen LogP contribution in [0.3, 0.4) is 0 Å². The molecule has 82 valence electrons. The summed E-state index contributed by atoms with van der Waals surface area (Å²) >= 11 is 0. The standard InChI is InChI=1S/C11H21NO2/c1-2-9-5-3-6-10(9)12-8-4-7-11(13)14/h9-10,12H,2-8H2,1H3,(H,13,14). The van der Waals surface area contributed by atoms with Crippen molar-refractivity contribution in [2.45, 2.75) is 51.5 Å². The normalized spacial score (nSPS) is 26.6. The van der Waals surface area contributed by atoms with Gasteiger partial charge in [0.05, 0.1) is 0 Å². The van der Waals surface area contributed by atoms with Crippen LogP contribution in [0.1, 0.15) is 45.4 Å². The number of aliphatic carboxylic acids is 1. The first-order chi connectivity index (χ1) is 6.74. The van der Waals surface area contributed by atoms with Crippen molar-refractivity contribution in [3.05, 3.63) is 0 Å². The fourth-order valence-corrected chi connectivity index (χ4v) is 2.32. The maximum absolute atomic E-state index is 10.3. The lowest BCUT2D eigenvalue weighted by Gasteiger charge is -2.19. The third-order valence-electron chi connectivity index (χ3n) is 3.16. The quantitative estimate of drug-likeness (QED) is 0.643. The van der Waals surface area contributed by atoms with E-state index in [1.807, 2.05) is 0 Å². The molecule has 0 aliphatic heterocycles. The van der Waals surface area contributed by atoms with Crippen LogP contribution in [-0.4, -0.2) is 23.7 Å². The van der Waals surface area contributed by atoms with Crippen LogP contribution in [0.5, 0.6) is 0 Å². The predicted molar refractivity (Wildman–Crippen MR) is 56.3 cm³/mol. The smallest absolute Gasteiger partial charge is 0.303 e. The van der Waals surface area contributed by atoms with Crippen molar-refractivity contribution in [3.8, 4) is 0 Å². The van der Waals surface area contributed by atoms with Crippen LogP contribution >= 0.6 is 0 Å². The molecule has 3 nitrogen and oxygen atoms in total. The van der Waals surface area contributed by atoms with Gasteiger partial charge in [-0.15, -0.1) is 0 Å². The minimum absolute atomic E-state index is 0.288. The molecule has 0 spiro atoms. The Morgan fingerprint density at radius 2 is 2.29 bits per heavy atom. The average molecular weight is 199 g/mol. The summed E-state index contributed by atoms with van der Waals surface area (Å²) in [4.78, 5) is 10.3. The Balaban J connectivity index is 2.08. The maximum Gasteiger partial charge on any atom is 0.303 e. The number of nitrogens with one attached hydrogen (secondary N) is 1. The van der Waals surface area contributed by atoms with Gasteiger partial charge in [-0.2, -0.15) is 0 Å². The molecule has 2 unspecified atom stereocenters. The van der Waals surface area contributed by atoms with Gasteiger partial charge in [-0.1, -0.05) is 19.8 Å². The van der Waals surface area contributed by atoms with E-state index in [9.17, 15) is 4.79 Å². The fourth-order valence-electron chi connectivity index (χ4n) is 2.32. The van der Waals surface area contributed by atoms with E-state index >= 15 is 0 Å². The molecule has 1 fully saturated rings. The summed E-state index contributed by atoms with van der Waals surface area (Å²) in [5, 5.41) is 12.0. The first kappa shape index (κ1) is 11.5. The monoisotopic (exact) mass is 199 g/mol. The van der Waals surface area contributed by atoms with Gasteiger partial charge < -0.3 is 10.4 Å². The Labute approximate surface area is 85.9 Å². The molecule has 0 aromatic carbocycles. The van der Waals surface area contributed by atoms with Gasteiger partial charge in [0, 0.05) is 12.5 Å². The zero-order valence-electron chi connectivity index (χ0n) is 8.96. The van der Waals surface area contributed by atoms with Crippen molar-refractivity contribution in [1.82, 2.24) is 5.32 Å². The van der Waals surface area contributed by atoms with Gasteiger partial charge in [0.1, 0.15) is 0 Å². The van der Waals surface area contributed by atoms with Crippen LogP contribution in [0.15, 0.2) is 0 Å². The maximum atomic E-state index is 10.3. The molecule has 0 radical (unpaired) electrons. The minimum Gasteiger partial charge on any atom is -0.481 e. The summed E-state index contributed by atoms with van der Waals surface area (Å²) in [6.07, 6.45) is 6.23. The van der Waals surface area contributed by atoms with E-state index in [2.05, 4.69) is 12.2 Å². The number of carboxylic acids is 1. The fraction of sp³-hybridized carbons (Fsp3) is 0.909. The van der Waals surface area contributed by atoms with Gasteiger partial charge in [0.15, 0.2) is 0 Å². The topological polar surface area (TPSA) is 49.3 Å². The van der Waals surface area contributed by atoms with E-state index in [0.29, 0.717) is 6.04 Å². The summed E-state index contributed by atoms with van der Waals surface area (Å²) < 4.78 is 0. The summed E-state index contributed by atoms with van der Waals surface area (Å²) in [6, 6.07) is 0.647. The summed E-state index contributed by atoms with van der Waals surface area (Å²) in [5.41, 5.74) is 0. The van der Waals surface area contributed by atoms with Crippen LogP contribution in [0, 0.1) is 5.92 Å². The molecule has 0 saturated heterocycles. The van der Waals surface area contributed by atoms with Gasteiger partial charge in [-0.05, 0) is 31.7 Å². The van der Waals surface area contributed by atoms with Gasteiger partial charge >= 0.3 is 5.97 Å². The Bertz CT molecular complexity index is 182. The Kier molecular flexibility index (Phi) is 4.94. The number of hydrogen-bond acceptors (Lipinski definition) is 2. The van der Waals surface area contributed by atoms with Crippen LogP contribution in [0.2, 0.25) is 0 Å². The second-order valence-corrected chi connectivity index (χ2v) is 4.16. The predicted octanol–water partition coefficient (Wildman–Crippen LogP) is 2.02. The molecular formula is C11H21NO2. The lowest BCUT2D eigenvalue weighted by molar-refractivity contribution is -0.137. The van der Waals surface area contributed by atoms with Gasteiger partial charge in [-0.25, -0.2) is 0 Å². The highest BCUT2D eigenvalue weighted by atomic mass is 16.4. The highest BCUT2D eigenvalue weighted by Gasteiger charge is 2.24. The van der Waals surface area contributed by atoms with Crippen LogP contribution in [0.25, 0.3) is 0 Å². The van der Waals surface area contributed by atoms with Crippen LogP contribution < -0.4 is 5.32 Å². The number of carboxylic acid groups (broad SMARTS) is 1. The third kappa shape index (κ3) is 3.66. The molecule has 0 heterocycles. The average Bonchev–Trinajstić information content (AvgIpc) is 2.59. The van der Waals surface area contributed by atoms with Crippen molar-refractivity contribution in [2.24, 2.45) is 5.92 Å². The number of hydrogen-bond donors (Lipinski definition) is 2. The molecule has 2 N–H and O–H groups in total. The lowest BCUT2D eigenvalue weighted by atomic mass is 10.0. The molecular weight excluding hydrogens is 178 g/mol. The zero-order valence-corrected chi connectivity index (χ0v) is 8.96. The minimum atomic E-state index is -0.690. The Morgan fingerprint density at radius 1 is 1.50 bits per heavy atom. The molecule has 14 heavy (non-hydrogen) atoms. The Morgan fingerprint density at radius 3 is 2.93 bits per heavy atom. The van der Waals surface area contributed by atoms with E-state index in [1.54, 1.807) is 0 Å². The van der Waals surface area contributed by atoms with Gasteiger partial charge in [0.2, 0.25) is 0 Å². The molecule has 1 rings (SSSR count). The second kappa shape index (κ2) is 6.02. The molecule has 1 aliphatic rings. The molecule has 0 aromatic rings. The summed E-state index contributed by atoms with van der Waals surface area (Å²) in [6.45, 7) is 3.09. The van der Waals surface area contributed by atoms with Crippen molar-refractivity contribution < 1.29 is 9.90 Å². The van der Waals surface area contributed by atoms with Gasteiger partial charge in [-0.3, -0.25) is 4.79 Å². The van der Waals surface area contributed by atoms with Crippen LogP contribution in [0.4, 0.5) is 0 Å². The van der Waals surface area contributed by atoms with Crippen molar-refractivity contribution in [3.63, 3.8) is 0 Å². The van der Waals surface area contributed by atoms with E-state index in [4.69, 9.17) is 5.11 Å². The van der Waals surface area contributed by atoms with Crippen molar-refractivity contribution in [1.29, 1.82) is 0 Å². The Hall–Kier alpha value is -0.570. The van der Waals surface area contributed by atoms with Crippen LogP contribution in [-0.2, 0) is 4.79 Å². The van der Waals surface area contributed by atoms with Gasteiger partial charge in [0.25, 0.3) is 0 Å². The number of carbonyl (C=O) groups is 1. The summed E-state index contributed by atoms with van der Waals surface area (Å²) in [5.74, 6) is 0.130. The van der Waals surface area contributed by atoms with E-state index < -0.39 is 5.97 Å². The molecule has 0 bridgehead atoms. The van der Waals surface area contributed by atoms with E-state index in [1.165, 1.54) is 25.7 Å². The van der Waals surface area contributed by atoms with E-state index in [0.717, 1.165) is 18.9 Å². The van der Waals surface area contributed by atoms with Crippen molar-refractivity contribution >= 4 is 5.97 Å². The molecule has 1 aliphatic carbocycles. The first-order valence-corrected chi connectivity index (χ1v) is 5.69. The third-order valence-corrected chi connectivity index (χ3v) is 3.16. The summed E-state index contributed by atoms with van der Waals surface area (Å²) in [7, 11) is 0. The number of rotatable bonds is 6. The molecule has 3 heteroatoms. The molecule has 2 atom stereocenters. The van der Waals surface area contributed by atoms with E-state index in [-0.39, 0.29) is 6.42 Å². The molecule has 1 saturated carbocycles. The van der Waals surface area contributed by atoms with Crippen molar-refractivity contribution in [2.75, 3.05) is 6.54 Å². The largest absolute Gasteiger partial charge is 0.481 e. The molecule has 0 amide bonds.